The zero-order chi connectivity index (χ0) is 24.1. The fourth-order valence-corrected chi connectivity index (χ4v) is 6.13. The molecule has 34 heavy (non-hydrogen) atoms. The van der Waals surface area contributed by atoms with Gasteiger partial charge < -0.3 is 10.1 Å². The van der Waals surface area contributed by atoms with Gasteiger partial charge in [-0.3, -0.25) is 4.79 Å². The Morgan fingerprint density at radius 3 is 2.65 bits per heavy atom. The zero-order valence-corrected chi connectivity index (χ0v) is 21.0. The summed E-state index contributed by atoms with van der Waals surface area (Å²) in [4.78, 5) is 27.0. The lowest BCUT2D eigenvalue weighted by molar-refractivity contribution is -0.119. The van der Waals surface area contributed by atoms with Crippen LogP contribution in [-0.4, -0.2) is 18.5 Å². The Kier molecular flexibility index (Phi) is 7.94. The van der Waals surface area contributed by atoms with Crippen LogP contribution in [0.5, 0.6) is 0 Å². The van der Waals surface area contributed by atoms with Crippen LogP contribution in [-0.2, 0) is 28.1 Å². The monoisotopic (exact) mass is 510 g/mol. The van der Waals surface area contributed by atoms with E-state index in [4.69, 9.17) is 16.3 Å². The maximum absolute atomic E-state index is 12.4. The Balaban J connectivity index is 1.28. The van der Waals surface area contributed by atoms with E-state index in [1.54, 1.807) is 23.9 Å². The Morgan fingerprint density at radius 1 is 1.21 bits per heavy atom. The van der Waals surface area contributed by atoms with E-state index in [1.807, 2.05) is 36.4 Å². The molecule has 0 fully saturated rings. The number of thioether (sulfide) groups is 1. The first-order valence-corrected chi connectivity index (χ1v) is 13.1. The van der Waals surface area contributed by atoms with Crippen LogP contribution in [0.1, 0.15) is 45.3 Å². The lowest BCUT2D eigenvalue weighted by Gasteiger charge is -2.17. The van der Waals surface area contributed by atoms with Gasteiger partial charge in [-0.2, -0.15) is 5.26 Å². The largest absolute Gasteiger partial charge is 0.452 e. The molecule has 0 saturated heterocycles. The Labute approximate surface area is 212 Å². The number of hydrogen-bond acceptors (Lipinski definition) is 6. The molecule has 4 rings (SSSR count). The summed E-state index contributed by atoms with van der Waals surface area (Å²) < 4.78 is 5.19. The zero-order valence-electron chi connectivity index (χ0n) is 18.6. The van der Waals surface area contributed by atoms with Crippen molar-refractivity contribution in [2.45, 2.75) is 36.8 Å². The number of hydrogen-bond donors (Lipinski definition) is 1. The maximum Gasteiger partial charge on any atom is 0.338 e. The molecule has 2 aromatic carbocycles. The van der Waals surface area contributed by atoms with Crippen molar-refractivity contribution in [1.82, 2.24) is 0 Å². The van der Waals surface area contributed by atoms with E-state index in [0.717, 1.165) is 45.9 Å². The second-order valence-electron chi connectivity index (χ2n) is 8.23. The summed E-state index contributed by atoms with van der Waals surface area (Å²) in [6.07, 6.45) is 2.82. The van der Waals surface area contributed by atoms with Gasteiger partial charge in [0.25, 0.3) is 5.91 Å². The van der Waals surface area contributed by atoms with Crippen LogP contribution in [0.2, 0.25) is 5.02 Å². The molecule has 0 radical (unpaired) electrons. The second-order valence-corrected chi connectivity index (χ2v) is 10.8. The molecule has 1 aromatic heterocycles. The molecule has 0 spiro atoms. The van der Waals surface area contributed by atoms with Crippen molar-refractivity contribution < 1.29 is 14.3 Å². The number of esters is 1. The molecule has 1 aliphatic carbocycles. The lowest BCUT2D eigenvalue weighted by Crippen LogP contribution is -2.21. The molecular weight excluding hydrogens is 488 g/mol. The number of carbonyl (C=O) groups is 2. The van der Waals surface area contributed by atoms with E-state index < -0.39 is 18.5 Å². The van der Waals surface area contributed by atoms with Gasteiger partial charge in [0, 0.05) is 20.5 Å². The number of ether oxygens (including phenoxy) is 1. The third kappa shape index (κ3) is 6.01. The van der Waals surface area contributed by atoms with Gasteiger partial charge in [0.15, 0.2) is 6.61 Å². The predicted octanol–water partition coefficient (Wildman–Crippen LogP) is 6.49. The van der Waals surface area contributed by atoms with Crippen LogP contribution in [0.3, 0.4) is 0 Å². The molecule has 0 aliphatic heterocycles. The van der Waals surface area contributed by atoms with Gasteiger partial charge in [-0.05, 0) is 72.7 Å². The van der Waals surface area contributed by atoms with Gasteiger partial charge in [-0.1, -0.05) is 30.7 Å². The minimum Gasteiger partial charge on any atom is -0.452 e. The number of benzene rings is 2. The molecule has 0 bridgehead atoms. The highest BCUT2D eigenvalue weighted by Crippen LogP contribution is 2.39. The van der Waals surface area contributed by atoms with E-state index >= 15 is 0 Å². The number of fused-ring (bicyclic) bond motifs is 1. The van der Waals surface area contributed by atoms with E-state index in [9.17, 15) is 14.9 Å². The molecule has 5 nitrogen and oxygen atoms in total. The molecule has 8 heteroatoms. The van der Waals surface area contributed by atoms with E-state index in [2.05, 4.69) is 18.3 Å². The number of rotatable bonds is 7. The summed E-state index contributed by atoms with van der Waals surface area (Å²) in [6, 6.07) is 17.0. The first-order valence-electron chi connectivity index (χ1n) is 10.9. The smallest absolute Gasteiger partial charge is 0.338 e. The number of amides is 1. The molecule has 3 aromatic rings. The Bertz CT molecular complexity index is 1230. The summed E-state index contributed by atoms with van der Waals surface area (Å²) in [5.41, 5.74) is 3.03. The maximum atomic E-state index is 12.4. The molecule has 1 amide bonds. The molecule has 0 unspecified atom stereocenters. The minimum atomic E-state index is -0.563. The summed E-state index contributed by atoms with van der Waals surface area (Å²) in [5.74, 6) is 0.313. The van der Waals surface area contributed by atoms with Crippen LogP contribution in [0, 0.1) is 17.2 Å². The van der Waals surface area contributed by atoms with Crippen molar-refractivity contribution in [3.8, 4) is 6.07 Å². The highest BCUT2D eigenvalue weighted by atomic mass is 35.5. The Hall–Kier alpha value is -2.79. The summed E-state index contributed by atoms with van der Waals surface area (Å²) >= 11 is 9.04. The van der Waals surface area contributed by atoms with E-state index in [-0.39, 0.29) is 0 Å². The van der Waals surface area contributed by atoms with Crippen LogP contribution in [0.4, 0.5) is 5.00 Å². The molecule has 1 heterocycles. The standard InChI is InChI=1S/C26H23ClN2O3S2/c1-16-2-11-21-22(13-28)25(34-23(21)12-16)29-24(30)14-32-26(31)18-5-3-17(4-6-18)15-33-20-9-7-19(27)8-10-20/h3-10,16H,2,11-12,14-15H2,1H3,(H,29,30)/t16-/m0/s1. The van der Waals surface area contributed by atoms with Crippen LogP contribution in [0.15, 0.2) is 53.4 Å². The van der Waals surface area contributed by atoms with Crippen molar-refractivity contribution in [1.29, 1.82) is 5.26 Å². The third-order valence-electron chi connectivity index (χ3n) is 5.62. The van der Waals surface area contributed by atoms with Gasteiger partial charge >= 0.3 is 5.97 Å². The minimum absolute atomic E-state index is 0.381. The fraction of sp³-hybridized carbons (Fsp3) is 0.269. The SMILES string of the molecule is C[C@H]1CCc2c(sc(NC(=O)COC(=O)c3ccc(CSc4ccc(Cl)cc4)cc3)c2C#N)C1. The molecule has 0 saturated carbocycles. The first-order chi connectivity index (χ1) is 16.4. The topological polar surface area (TPSA) is 79.2 Å². The molecule has 1 atom stereocenters. The third-order valence-corrected chi connectivity index (χ3v) is 8.12. The Morgan fingerprint density at radius 2 is 1.94 bits per heavy atom. The summed E-state index contributed by atoms with van der Waals surface area (Å²) in [7, 11) is 0. The lowest BCUT2D eigenvalue weighted by atomic mass is 9.89. The molecule has 1 N–H and O–H groups in total. The number of thiophene rings is 1. The van der Waals surface area contributed by atoms with Crippen LogP contribution >= 0.6 is 34.7 Å². The molecule has 1 aliphatic rings. The molecular formula is C26H23ClN2O3S2. The van der Waals surface area contributed by atoms with Crippen molar-refractivity contribution in [3.05, 3.63) is 80.7 Å². The van der Waals surface area contributed by atoms with Crippen LogP contribution < -0.4 is 5.32 Å². The quantitative estimate of drug-likeness (QED) is 0.290. The van der Waals surface area contributed by atoms with Gasteiger partial charge in [-0.15, -0.1) is 23.1 Å². The number of carbonyl (C=O) groups excluding carboxylic acids is 2. The number of nitriles is 1. The van der Waals surface area contributed by atoms with Crippen molar-refractivity contribution >= 4 is 51.6 Å². The number of anilines is 1. The van der Waals surface area contributed by atoms with Crippen molar-refractivity contribution in [3.63, 3.8) is 0 Å². The van der Waals surface area contributed by atoms with E-state index in [0.29, 0.717) is 27.1 Å². The first kappa shape index (κ1) is 24.3. The highest BCUT2D eigenvalue weighted by Gasteiger charge is 2.24. The summed E-state index contributed by atoms with van der Waals surface area (Å²) in [5, 5.41) is 13.6. The number of nitrogens with zero attached hydrogens (tertiary/aromatic N) is 1. The number of halogens is 1. The van der Waals surface area contributed by atoms with Crippen molar-refractivity contribution in [2.75, 3.05) is 11.9 Å². The van der Waals surface area contributed by atoms with Gasteiger partial charge in [0.1, 0.15) is 11.1 Å². The average molecular weight is 511 g/mol. The highest BCUT2D eigenvalue weighted by molar-refractivity contribution is 7.98. The van der Waals surface area contributed by atoms with Crippen LogP contribution in [0.25, 0.3) is 0 Å². The average Bonchev–Trinajstić information content (AvgIpc) is 3.18. The fourth-order valence-electron chi connectivity index (χ4n) is 3.77. The predicted molar refractivity (Wildman–Crippen MR) is 137 cm³/mol. The number of nitrogens with one attached hydrogen (secondary N) is 1. The van der Waals surface area contributed by atoms with Gasteiger partial charge in [0.2, 0.25) is 0 Å². The van der Waals surface area contributed by atoms with Gasteiger partial charge in [0.05, 0.1) is 11.1 Å². The normalized spacial score (nSPS) is 14.7. The van der Waals surface area contributed by atoms with Crippen molar-refractivity contribution in [2.24, 2.45) is 5.92 Å². The molecule has 174 valence electrons. The second kappa shape index (κ2) is 11.1. The van der Waals surface area contributed by atoms with E-state index in [1.165, 1.54) is 11.3 Å². The van der Waals surface area contributed by atoms with Gasteiger partial charge in [-0.25, -0.2) is 4.79 Å². The summed E-state index contributed by atoms with van der Waals surface area (Å²) in [6.45, 7) is 1.79.